The number of rotatable bonds is 3. The second kappa shape index (κ2) is 5.82. The number of halogens is 2. The number of hydrogen-bond acceptors (Lipinski definition) is 2. The molecule has 88 valence electrons. The third-order valence-electron chi connectivity index (χ3n) is 2.49. The van der Waals surface area contributed by atoms with Crippen LogP contribution in [0, 0.1) is 3.57 Å². The van der Waals surface area contributed by atoms with Crippen LogP contribution in [-0.2, 0) is 0 Å². The van der Waals surface area contributed by atoms with Gasteiger partial charge in [-0.2, -0.15) is 0 Å². The highest BCUT2D eigenvalue weighted by Crippen LogP contribution is 2.25. The van der Waals surface area contributed by atoms with E-state index in [1.165, 1.54) is 9.13 Å². The summed E-state index contributed by atoms with van der Waals surface area (Å²) in [7, 11) is 0. The van der Waals surface area contributed by atoms with E-state index in [0.717, 1.165) is 10.2 Å². The van der Waals surface area contributed by atoms with Crippen LogP contribution in [0.5, 0.6) is 0 Å². The van der Waals surface area contributed by atoms with Crippen LogP contribution in [-0.4, -0.2) is 4.98 Å². The minimum Gasteiger partial charge on any atom is -0.378 e. The van der Waals surface area contributed by atoms with E-state index in [2.05, 4.69) is 80.0 Å². The second-order valence-corrected chi connectivity index (χ2v) is 5.80. The fourth-order valence-electron chi connectivity index (χ4n) is 1.55. The summed E-state index contributed by atoms with van der Waals surface area (Å²) in [6, 6.07) is 10.5. The van der Waals surface area contributed by atoms with Gasteiger partial charge in [-0.25, -0.2) is 0 Å². The summed E-state index contributed by atoms with van der Waals surface area (Å²) in [6.45, 7) is 2.13. The van der Waals surface area contributed by atoms with Crippen LogP contribution in [0.2, 0.25) is 0 Å². The van der Waals surface area contributed by atoms with E-state index in [1.807, 2.05) is 12.3 Å². The smallest absolute Gasteiger partial charge is 0.0500 e. The van der Waals surface area contributed by atoms with Gasteiger partial charge in [0.2, 0.25) is 0 Å². The van der Waals surface area contributed by atoms with E-state index >= 15 is 0 Å². The lowest BCUT2D eigenvalue weighted by atomic mass is 10.1. The highest BCUT2D eigenvalue weighted by molar-refractivity contribution is 14.1. The Morgan fingerprint density at radius 3 is 2.82 bits per heavy atom. The van der Waals surface area contributed by atoms with Gasteiger partial charge in [0.05, 0.1) is 6.04 Å². The van der Waals surface area contributed by atoms with Gasteiger partial charge in [-0.15, -0.1) is 0 Å². The zero-order valence-electron chi connectivity index (χ0n) is 9.32. The van der Waals surface area contributed by atoms with Crippen LogP contribution in [0.15, 0.2) is 47.2 Å². The van der Waals surface area contributed by atoms with Gasteiger partial charge in [0.1, 0.15) is 0 Å². The van der Waals surface area contributed by atoms with Crippen LogP contribution < -0.4 is 5.32 Å². The van der Waals surface area contributed by atoms with Crippen LogP contribution in [0.25, 0.3) is 0 Å². The largest absolute Gasteiger partial charge is 0.378 e. The van der Waals surface area contributed by atoms with Crippen molar-refractivity contribution in [3.05, 3.63) is 56.3 Å². The predicted octanol–water partition coefficient (Wildman–Crippen LogP) is 4.62. The average molecular weight is 403 g/mol. The van der Waals surface area contributed by atoms with Gasteiger partial charge in [-0.05, 0) is 75.3 Å². The number of pyridine rings is 1. The van der Waals surface area contributed by atoms with Crippen molar-refractivity contribution in [2.75, 3.05) is 5.32 Å². The van der Waals surface area contributed by atoms with Gasteiger partial charge in [0.15, 0.2) is 0 Å². The van der Waals surface area contributed by atoms with Gasteiger partial charge in [0.25, 0.3) is 0 Å². The van der Waals surface area contributed by atoms with Crippen molar-refractivity contribution < 1.29 is 0 Å². The molecule has 1 atom stereocenters. The van der Waals surface area contributed by atoms with Crippen molar-refractivity contribution in [1.29, 1.82) is 0 Å². The van der Waals surface area contributed by atoms with Crippen LogP contribution in [0.3, 0.4) is 0 Å². The maximum absolute atomic E-state index is 4.13. The molecule has 0 aliphatic carbocycles. The van der Waals surface area contributed by atoms with Gasteiger partial charge < -0.3 is 5.32 Å². The summed E-state index contributed by atoms with van der Waals surface area (Å²) in [4.78, 5) is 4.13. The molecule has 1 aromatic heterocycles. The summed E-state index contributed by atoms with van der Waals surface area (Å²) in [5.74, 6) is 0. The number of aromatic nitrogens is 1. The molecular formula is C13H12BrIN2. The average Bonchev–Trinajstić information content (AvgIpc) is 2.35. The number of nitrogens with zero attached hydrogens (tertiary/aromatic N) is 1. The lowest BCUT2D eigenvalue weighted by Crippen LogP contribution is -2.06. The number of hydrogen-bond donors (Lipinski definition) is 1. The highest BCUT2D eigenvalue weighted by Gasteiger charge is 2.05. The van der Waals surface area contributed by atoms with Crippen LogP contribution in [0.1, 0.15) is 18.5 Å². The topological polar surface area (TPSA) is 24.9 Å². The van der Waals surface area contributed by atoms with Gasteiger partial charge in [0, 0.05) is 26.1 Å². The molecule has 0 saturated carbocycles. The monoisotopic (exact) mass is 402 g/mol. The molecule has 1 aromatic carbocycles. The van der Waals surface area contributed by atoms with Crippen molar-refractivity contribution in [2.45, 2.75) is 13.0 Å². The summed E-state index contributed by atoms with van der Waals surface area (Å²) >= 11 is 5.81. The van der Waals surface area contributed by atoms with E-state index in [9.17, 15) is 0 Å². The number of anilines is 1. The molecule has 0 bridgehead atoms. The maximum atomic E-state index is 4.13. The number of benzene rings is 1. The fraction of sp³-hybridized carbons (Fsp3) is 0.154. The standard InChI is InChI=1S/C13H12BrIN2/c1-9(10-3-2-6-16-8-10)17-11-4-5-12(14)13(15)7-11/h2-9,17H,1H3. The molecule has 0 aliphatic heterocycles. The molecule has 2 nitrogen and oxygen atoms in total. The Kier molecular flexibility index (Phi) is 4.39. The van der Waals surface area contributed by atoms with Crippen molar-refractivity contribution in [3.63, 3.8) is 0 Å². The molecule has 0 aliphatic rings. The molecule has 0 saturated heterocycles. The van der Waals surface area contributed by atoms with Crippen LogP contribution in [0.4, 0.5) is 5.69 Å². The van der Waals surface area contributed by atoms with Crippen LogP contribution >= 0.6 is 38.5 Å². The van der Waals surface area contributed by atoms with Gasteiger partial charge in [-0.3, -0.25) is 4.98 Å². The Labute approximate surface area is 123 Å². The molecule has 1 heterocycles. The zero-order valence-corrected chi connectivity index (χ0v) is 13.1. The van der Waals surface area contributed by atoms with Gasteiger partial charge >= 0.3 is 0 Å². The SMILES string of the molecule is CC(Nc1ccc(Br)c(I)c1)c1cccnc1. The maximum Gasteiger partial charge on any atom is 0.0500 e. The highest BCUT2D eigenvalue weighted by atomic mass is 127. The third-order valence-corrected chi connectivity index (χ3v) is 4.81. The fourth-order valence-corrected chi connectivity index (χ4v) is 2.31. The zero-order chi connectivity index (χ0) is 12.3. The van der Waals surface area contributed by atoms with E-state index in [0.29, 0.717) is 0 Å². The first-order valence-corrected chi connectivity index (χ1v) is 7.15. The molecule has 2 aromatic rings. The first kappa shape index (κ1) is 12.8. The summed E-state index contributed by atoms with van der Waals surface area (Å²) in [6.07, 6.45) is 3.68. The Hall–Kier alpha value is -0.620. The van der Waals surface area contributed by atoms with E-state index in [1.54, 1.807) is 6.20 Å². The van der Waals surface area contributed by atoms with E-state index in [4.69, 9.17) is 0 Å². The first-order valence-electron chi connectivity index (χ1n) is 5.28. The van der Waals surface area contributed by atoms with Crippen molar-refractivity contribution in [1.82, 2.24) is 4.98 Å². The molecule has 1 N–H and O–H groups in total. The van der Waals surface area contributed by atoms with Gasteiger partial charge in [-0.1, -0.05) is 6.07 Å². The molecule has 0 amide bonds. The normalized spacial score (nSPS) is 12.2. The van der Waals surface area contributed by atoms with E-state index < -0.39 is 0 Å². The molecule has 1 unspecified atom stereocenters. The Morgan fingerprint density at radius 2 is 2.18 bits per heavy atom. The molecule has 0 fully saturated rings. The molecule has 17 heavy (non-hydrogen) atoms. The van der Waals surface area contributed by atoms with E-state index in [-0.39, 0.29) is 6.04 Å². The number of nitrogens with one attached hydrogen (secondary N) is 1. The molecule has 0 spiro atoms. The van der Waals surface area contributed by atoms with Crippen molar-refractivity contribution in [2.24, 2.45) is 0 Å². The summed E-state index contributed by atoms with van der Waals surface area (Å²) in [5.41, 5.74) is 2.30. The third kappa shape index (κ3) is 3.42. The van der Waals surface area contributed by atoms with Crippen molar-refractivity contribution >= 4 is 44.2 Å². The minimum absolute atomic E-state index is 0.251. The summed E-state index contributed by atoms with van der Waals surface area (Å²) in [5, 5.41) is 3.46. The minimum atomic E-state index is 0.251. The lowest BCUT2D eigenvalue weighted by Gasteiger charge is -2.15. The Morgan fingerprint density at radius 1 is 1.35 bits per heavy atom. The van der Waals surface area contributed by atoms with Crippen molar-refractivity contribution in [3.8, 4) is 0 Å². The Balaban J connectivity index is 2.13. The molecule has 4 heteroatoms. The summed E-state index contributed by atoms with van der Waals surface area (Å²) < 4.78 is 2.32. The molecule has 0 radical (unpaired) electrons. The molecule has 2 rings (SSSR count). The Bertz CT molecular complexity index is 502. The molecular weight excluding hydrogens is 391 g/mol. The second-order valence-electron chi connectivity index (χ2n) is 3.78. The predicted molar refractivity (Wildman–Crippen MR) is 83.1 cm³/mol. The first-order chi connectivity index (χ1) is 8.16. The lowest BCUT2D eigenvalue weighted by molar-refractivity contribution is 0.875. The quantitative estimate of drug-likeness (QED) is 0.757.